The normalized spacial score (nSPS) is 11.2. The molecule has 0 unspecified atom stereocenters. The van der Waals surface area contributed by atoms with Crippen molar-refractivity contribution in [2.24, 2.45) is 0 Å². The van der Waals surface area contributed by atoms with E-state index in [9.17, 15) is 13.2 Å². The number of nitrogens with one attached hydrogen (secondary N) is 1. The number of aryl methyl sites for hydroxylation is 2. The molecule has 1 N–H and O–H groups in total. The van der Waals surface area contributed by atoms with Crippen LogP contribution < -0.4 is 9.62 Å². The van der Waals surface area contributed by atoms with Gasteiger partial charge in [-0.15, -0.1) is 11.8 Å². The first-order valence-electron chi connectivity index (χ1n) is 10.8. The van der Waals surface area contributed by atoms with Crippen molar-refractivity contribution >= 4 is 39.1 Å². The first kappa shape index (κ1) is 24.9. The second-order valence-corrected chi connectivity index (χ2v) is 11.0. The summed E-state index contributed by atoms with van der Waals surface area (Å²) >= 11 is 1.77. The van der Waals surface area contributed by atoms with E-state index in [1.807, 2.05) is 74.5 Å². The summed E-state index contributed by atoms with van der Waals surface area (Å²) in [5, 5.41) is 2.90. The van der Waals surface area contributed by atoms with Crippen LogP contribution in [-0.4, -0.2) is 27.1 Å². The molecule has 3 rings (SSSR count). The topological polar surface area (TPSA) is 66.5 Å². The quantitative estimate of drug-likeness (QED) is 0.372. The van der Waals surface area contributed by atoms with Gasteiger partial charge in [0.25, 0.3) is 0 Å². The number of rotatable bonds is 10. The van der Waals surface area contributed by atoms with Crippen molar-refractivity contribution in [1.29, 1.82) is 0 Å². The molecule has 0 radical (unpaired) electrons. The van der Waals surface area contributed by atoms with Gasteiger partial charge in [-0.05, 0) is 67.3 Å². The molecule has 0 aliphatic heterocycles. The van der Waals surface area contributed by atoms with Crippen molar-refractivity contribution in [3.8, 4) is 0 Å². The molecule has 1 amide bonds. The van der Waals surface area contributed by atoms with Crippen LogP contribution >= 0.6 is 11.8 Å². The minimum atomic E-state index is -3.44. The number of sulfonamides is 1. The van der Waals surface area contributed by atoms with E-state index in [1.165, 1.54) is 21.0 Å². The monoisotopic (exact) mass is 482 g/mol. The van der Waals surface area contributed by atoms with Gasteiger partial charge in [0.15, 0.2) is 0 Å². The summed E-state index contributed by atoms with van der Waals surface area (Å²) in [5.74, 6) is 0.730. The van der Waals surface area contributed by atoms with Crippen molar-refractivity contribution in [3.63, 3.8) is 0 Å². The van der Waals surface area contributed by atoms with Gasteiger partial charge in [-0.3, -0.25) is 9.10 Å². The van der Waals surface area contributed by atoms with Gasteiger partial charge in [-0.1, -0.05) is 42.5 Å². The van der Waals surface area contributed by atoms with Gasteiger partial charge in [0.1, 0.15) is 0 Å². The second-order valence-electron chi connectivity index (χ2n) is 8.08. The predicted molar refractivity (Wildman–Crippen MR) is 138 cm³/mol. The van der Waals surface area contributed by atoms with E-state index < -0.39 is 10.0 Å². The molecule has 0 bridgehead atoms. The fraction of sp³-hybridized carbons (Fsp3) is 0.269. The van der Waals surface area contributed by atoms with Crippen molar-refractivity contribution in [3.05, 3.63) is 89.5 Å². The molecule has 0 atom stereocenters. The number of benzene rings is 3. The van der Waals surface area contributed by atoms with E-state index in [4.69, 9.17) is 0 Å². The largest absolute Gasteiger partial charge is 0.326 e. The van der Waals surface area contributed by atoms with E-state index in [-0.39, 0.29) is 18.9 Å². The summed E-state index contributed by atoms with van der Waals surface area (Å²) in [6.45, 7) is 4.08. The van der Waals surface area contributed by atoms with Crippen LogP contribution in [-0.2, 0) is 20.6 Å². The highest BCUT2D eigenvalue weighted by Gasteiger charge is 2.19. The van der Waals surface area contributed by atoms with E-state index in [1.54, 1.807) is 11.8 Å². The van der Waals surface area contributed by atoms with Crippen molar-refractivity contribution in [2.75, 3.05) is 22.4 Å². The number of anilines is 2. The van der Waals surface area contributed by atoms with Crippen LogP contribution in [0.15, 0.2) is 77.7 Å². The maximum atomic E-state index is 12.4. The maximum Gasteiger partial charge on any atom is 0.232 e. The Labute approximate surface area is 201 Å². The van der Waals surface area contributed by atoms with Crippen molar-refractivity contribution in [2.45, 2.75) is 37.3 Å². The highest BCUT2D eigenvalue weighted by Crippen LogP contribution is 2.25. The van der Waals surface area contributed by atoms with Gasteiger partial charge in [0.05, 0.1) is 11.9 Å². The summed E-state index contributed by atoms with van der Waals surface area (Å²) in [7, 11) is -3.44. The van der Waals surface area contributed by atoms with Crippen molar-refractivity contribution in [1.82, 2.24) is 0 Å². The zero-order chi connectivity index (χ0) is 23.8. The fourth-order valence-corrected chi connectivity index (χ4v) is 5.32. The van der Waals surface area contributed by atoms with Crippen LogP contribution in [0.1, 0.15) is 29.5 Å². The van der Waals surface area contributed by atoms with Crippen molar-refractivity contribution < 1.29 is 13.2 Å². The average molecular weight is 483 g/mol. The van der Waals surface area contributed by atoms with Crippen LogP contribution in [0.3, 0.4) is 0 Å². The molecular weight excluding hydrogens is 452 g/mol. The molecule has 0 saturated carbocycles. The zero-order valence-electron chi connectivity index (χ0n) is 19.2. The lowest BCUT2D eigenvalue weighted by Crippen LogP contribution is -2.32. The Bertz CT molecular complexity index is 1180. The molecule has 33 heavy (non-hydrogen) atoms. The maximum absolute atomic E-state index is 12.4. The standard InChI is InChI=1S/C26H30N2O3S2/c1-20-11-12-21(2)25(18-20)28(33(3,30)31)17-7-10-26(29)27-23-15-13-22(14-16-23)19-32-24-8-5-4-6-9-24/h4-6,8-9,11-16,18H,7,10,17,19H2,1-3H3,(H,27,29). The molecule has 7 heteroatoms. The number of amides is 1. The Morgan fingerprint density at radius 1 is 0.970 bits per heavy atom. The van der Waals surface area contributed by atoms with Gasteiger partial charge in [0, 0.05) is 29.3 Å². The van der Waals surface area contributed by atoms with Gasteiger partial charge >= 0.3 is 0 Å². The predicted octanol–water partition coefficient (Wildman–Crippen LogP) is 5.78. The highest BCUT2D eigenvalue weighted by molar-refractivity contribution is 7.98. The van der Waals surface area contributed by atoms with Gasteiger partial charge < -0.3 is 5.32 Å². The molecule has 174 valence electrons. The molecule has 0 aromatic heterocycles. The van der Waals surface area contributed by atoms with Gasteiger partial charge in [0.2, 0.25) is 15.9 Å². The van der Waals surface area contributed by atoms with Gasteiger partial charge in [-0.25, -0.2) is 8.42 Å². The average Bonchev–Trinajstić information content (AvgIpc) is 2.78. The SMILES string of the molecule is Cc1ccc(C)c(N(CCCC(=O)Nc2ccc(CSc3ccccc3)cc2)S(C)(=O)=O)c1. The number of hydrogen-bond donors (Lipinski definition) is 1. The van der Waals surface area contributed by atoms with E-state index in [0.717, 1.165) is 22.6 Å². The lowest BCUT2D eigenvalue weighted by molar-refractivity contribution is -0.116. The lowest BCUT2D eigenvalue weighted by Gasteiger charge is -2.24. The Kier molecular flexibility index (Phi) is 8.58. The van der Waals surface area contributed by atoms with Gasteiger partial charge in [-0.2, -0.15) is 0 Å². The molecule has 0 aliphatic carbocycles. The minimum absolute atomic E-state index is 0.129. The van der Waals surface area contributed by atoms with E-state index in [0.29, 0.717) is 12.1 Å². The summed E-state index contributed by atoms with van der Waals surface area (Å²) < 4.78 is 26.1. The molecule has 0 heterocycles. The molecule has 0 fully saturated rings. The van der Waals surface area contributed by atoms with Crippen LogP contribution in [0, 0.1) is 13.8 Å². The molecule has 5 nitrogen and oxygen atoms in total. The number of carbonyl (C=O) groups is 1. The zero-order valence-corrected chi connectivity index (χ0v) is 20.9. The fourth-order valence-electron chi connectivity index (χ4n) is 3.43. The minimum Gasteiger partial charge on any atom is -0.326 e. The molecule has 3 aromatic carbocycles. The van der Waals surface area contributed by atoms with Crippen LogP contribution in [0.4, 0.5) is 11.4 Å². The molecule has 0 spiro atoms. The van der Waals surface area contributed by atoms with Crippen LogP contribution in [0.5, 0.6) is 0 Å². The number of nitrogens with zero attached hydrogens (tertiary/aromatic N) is 1. The van der Waals surface area contributed by atoms with E-state index >= 15 is 0 Å². The third-order valence-corrected chi connectivity index (χ3v) is 7.45. The van der Waals surface area contributed by atoms with Crippen LogP contribution in [0.25, 0.3) is 0 Å². The lowest BCUT2D eigenvalue weighted by atomic mass is 10.1. The third-order valence-electron chi connectivity index (χ3n) is 5.19. The summed E-state index contributed by atoms with van der Waals surface area (Å²) in [6.07, 6.45) is 1.87. The Morgan fingerprint density at radius 3 is 2.33 bits per heavy atom. The number of thioether (sulfide) groups is 1. The first-order chi connectivity index (χ1) is 15.7. The third kappa shape index (κ3) is 7.65. The van der Waals surface area contributed by atoms with Crippen LogP contribution in [0.2, 0.25) is 0 Å². The van der Waals surface area contributed by atoms with E-state index in [2.05, 4.69) is 17.4 Å². The number of hydrogen-bond acceptors (Lipinski definition) is 4. The molecule has 0 saturated heterocycles. The first-order valence-corrected chi connectivity index (χ1v) is 13.7. The molecule has 3 aromatic rings. The number of carbonyl (C=O) groups excluding carboxylic acids is 1. The smallest absolute Gasteiger partial charge is 0.232 e. The second kappa shape index (κ2) is 11.4. The highest BCUT2D eigenvalue weighted by atomic mass is 32.2. The Morgan fingerprint density at radius 2 is 1.67 bits per heavy atom. The molecular formula is C26H30N2O3S2. The Hall–Kier alpha value is -2.77. The molecule has 0 aliphatic rings. The summed E-state index contributed by atoms with van der Waals surface area (Å²) in [6, 6.07) is 23.8. The Balaban J connectivity index is 1.51. The summed E-state index contributed by atoms with van der Waals surface area (Å²) in [5.41, 5.74) is 4.47. The summed E-state index contributed by atoms with van der Waals surface area (Å²) in [4.78, 5) is 13.6.